The minimum atomic E-state index is -3.18. The van der Waals surface area contributed by atoms with Gasteiger partial charge in [0.05, 0.1) is 11.3 Å². The molecule has 0 radical (unpaired) electrons. The number of hydrogen-bond acceptors (Lipinski definition) is 5. The van der Waals surface area contributed by atoms with Crippen LogP contribution in [0.4, 0.5) is 0 Å². The first-order chi connectivity index (χ1) is 12.7. The summed E-state index contributed by atoms with van der Waals surface area (Å²) in [6.07, 6.45) is 5.45. The molecule has 3 rings (SSSR count). The standard InChI is InChI=1S/C19H28N4O3S/c1-5-22(14(3)12-27(4,25)26)19(24)15-11-13(2)20-18-17(15)21-16-9-7-6-8-10-23(16)18/h11,14H,5-10,12H2,1-4H3/t14-/m1/s1. The average Bonchev–Trinajstić information content (AvgIpc) is 2.75. The van der Waals surface area contributed by atoms with E-state index in [2.05, 4.69) is 9.55 Å². The Morgan fingerprint density at radius 3 is 2.70 bits per heavy atom. The second-order valence-corrected chi connectivity index (χ2v) is 9.69. The van der Waals surface area contributed by atoms with Crippen molar-refractivity contribution in [1.29, 1.82) is 0 Å². The topological polar surface area (TPSA) is 85.2 Å². The van der Waals surface area contributed by atoms with Gasteiger partial charge < -0.3 is 9.47 Å². The first kappa shape index (κ1) is 19.8. The highest BCUT2D eigenvalue weighted by Gasteiger charge is 2.27. The van der Waals surface area contributed by atoms with Gasteiger partial charge in [-0.05, 0) is 39.7 Å². The normalized spacial score (nSPS) is 16.0. The lowest BCUT2D eigenvalue weighted by molar-refractivity contribution is 0.0721. The lowest BCUT2D eigenvalue weighted by atomic mass is 10.1. The van der Waals surface area contributed by atoms with Crippen molar-refractivity contribution in [3.8, 4) is 0 Å². The summed E-state index contributed by atoms with van der Waals surface area (Å²) in [4.78, 5) is 24.3. The fraction of sp³-hybridized carbons (Fsp3) is 0.632. The molecule has 2 aromatic rings. The number of nitrogens with zero attached hydrogens (tertiary/aromatic N) is 4. The molecule has 0 spiro atoms. The number of carbonyl (C=O) groups excluding carboxylic acids is 1. The number of carbonyl (C=O) groups is 1. The summed E-state index contributed by atoms with van der Waals surface area (Å²) >= 11 is 0. The van der Waals surface area contributed by atoms with Gasteiger partial charge in [-0.15, -0.1) is 0 Å². The average molecular weight is 393 g/mol. The third-order valence-corrected chi connectivity index (χ3v) is 6.19. The Bertz CT molecular complexity index is 965. The molecule has 0 saturated carbocycles. The van der Waals surface area contributed by atoms with Crippen molar-refractivity contribution in [2.45, 2.75) is 59.0 Å². The highest BCUT2D eigenvalue weighted by atomic mass is 32.2. The highest BCUT2D eigenvalue weighted by molar-refractivity contribution is 7.90. The molecule has 148 valence electrons. The lowest BCUT2D eigenvalue weighted by Crippen LogP contribution is -2.42. The monoisotopic (exact) mass is 392 g/mol. The van der Waals surface area contributed by atoms with Gasteiger partial charge >= 0.3 is 0 Å². The predicted octanol–water partition coefficient (Wildman–Crippen LogP) is 2.36. The maximum absolute atomic E-state index is 13.3. The molecular formula is C19H28N4O3S. The van der Waals surface area contributed by atoms with Crippen molar-refractivity contribution in [3.63, 3.8) is 0 Å². The van der Waals surface area contributed by atoms with Gasteiger partial charge in [0.1, 0.15) is 21.2 Å². The summed E-state index contributed by atoms with van der Waals surface area (Å²) in [5.41, 5.74) is 2.68. The Labute approximate surface area is 160 Å². The Morgan fingerprint density at radius 2 is 2.04 bits per heavy atom. The number of rotatable bonds is 5. The van der Waals surface area contributed by atoms with Crippen LogP contribution in [0.15, 0.2) is 6.07 Å². The summed E-state index contributed by atoms with van der Waals surface area (Å²) in [5.74, 6) is 0.749. The minimum Gasteiger partial charge on any atom is -0.335 e. The van der Waals surface area contributed by atoms with Crippen LogP contribution < -0.4 is 0 Å². The van der Waals surface area contributed by atoms with Crippen LogP contribution in [-0.2, 0) is 22.8 Å². The van der Waals surface area contributed by atoms with Gasteiger partial charge in [-0.25, -0.2) is 18.4 Å². The zero-order valence-electron chi connectivity index (χ0n) is 16.5. The molecule has 8 heteroatoms. The van der Waals surface area contributed by atoms with Crippen LogP contribution in [0.25, 0.3) is 11.2 Å². The van der Waals surface area contributed by atoms with Crippen LogP contribution in [0.3, 0.4) is 0 Å². The Morgan fingerprint density at radius 1 is 1.30 bits per heavy atom. The van der Waals surface area contributed by atoms with Crippen LogP contribution in [0.5, 0.6) is 0 Å². The summed E-state index contributed by atoms with van der Waals surface area (Å²) in [6, 6.07) is 1.37. The summed E-state index contributed by atoms with van der Waals surface area (Å²) in [5, 5.41) is 0. The van der Waals surface area contributed by atoms with E-state index in [9.17, 15) is 13.2 Å². The fourth-order valence-corrected chi connectivity index (χ4v) is 4.97. The number of hydrogen-bond donors (Lipinski definition) is 0. The van der Waals surface area contributed by atoms with Gasteiger partial charge in [0.25, 0.3) is 5.91 Å². The molecule has 1 aliphatic heterocycles. The van der Waals surface area contributed by atoms with E-state index in [1.165, 1.54) is 12.7 Å². The van der Waals surface area contributed by atoms with E-state index in [1.807, 2.05) is 13.8 Å². The van der Waals surface area contributed by atoms with Crippen LogP contribution in [-0.4, -0.2) is 58.4 Å². The molecule has 0 saturated heterocycles. The van der Waals surface area contributed by atoms with E-state index in [1.54, 1.807) is 17.9 Å². The number of fused-ring (bicyclic) bond motifs is 3. The molecule has 7 nitrogen and oxygen atoms in total. The number of amides is 1. The van der Waals surface area contributed by atoms with Gasteiger partial charge in [0.15, 0.2) is 5.65 Å². The van der Waals surface area contributed by atoms with E-state index in [-0.39, 0.29) is 11.7 Å². The first-order valence-corrected chi connectivity index (χ1v) is 11.6. The third-order valence-electron chi connectivity index (χ3n) is 5.10. The van der Waals surface area contributed by atoms with E-state index in [4.69, 9.17) is 4.98 Å². The van der Waals surface area contributed by atoms with Gasteiger partial charge in [-0.1, -0.05) is 6.42 Å². The molecule has 3 heterocycles. The van der Waals surface area contributed by atoms with E-state index >= 15 is 0 Å². The fourth-order valence-electron chi connectivity index (χ4n) is 3.92. The number of pyridine rings is 1. The second-order valence-electron chi connectivity index (χ2n) is 7.51. The summed E-state index contributed by atoms with van der Waals surface area (Å²) in [7, 11) is -3.18. The number of sulfone groups is 1. The van der Waals surface area contributed by atoms with Crippen LogP contribution >= 0.6 is 0 Å². The molecule has 27 heavy (non-hydrogen) atoms. The Balaban J connectivity index is 2.06. The molecule has 1 aliphatic rings. The van der Waals surface area contributed by atoms with E-state index in [0.29, 0.717) is 17.6 Å². The molecule has 0 aliphatic carbocycles. The van der Waals surface area contributed by atoms with Gasteiger partial charge in [0.2, 0.25) is 0 Å². The Hall–Kier alpha value is -1.96. The maximum atomic E-state index is 13.3. The van der Waals surface area contributed by atoms with Crippen LogP contribution in [0.1, 0.15) is 55.0 Å². The zero-order chi connectivity index (χ0) is 19.8. The lowest BCUT2D eigenvalue weighted by Gasteiger charge is -2.27. The number of aryl methyl sites for hydroxylation is 3. The summed E-state index contributed by atoms with van der Waals surface area (Å²) in [6.45, 7) is 6.83. The molecule has 0 aromatic carbocycles. The van der Waals surface area contributed by atoms with Gasteiger partial charge in [-0.2, -0.15) is 0 Å². The minimum absolute atomic E-state index is 0.0561. The van der Waals surface area contributed by atoms with Gasteiger partial charge in [0, 0.05) is 37.5 Å². The van der Waals surface area contributed by atoms with E-state index < -0.39 is 15.9 Å². The van der Waals surface area contributed by atoms with Crippen molar-refractivity contribution in [1.82, 2.24) is 19.4 Å². The maximum Gasteiger partial charge on any atom is 0.256 e. The smallest absolute Gasteiger partial charge is 0.256 e. The quantitative estimate of drug-likeness (QED) is 0.780. The zero-order valence-corrected chi connectivity index (χ0v) is 17.3. The first-order valence-electron chi connectivity index (χ1n) is 9.56. The highest BCUT2D eigenvalue weighted by Crippen LogP contribution is 2.25. The predicted molar refractivity (Wildman–Crippen MR) is 106 cm³/mol. The third kappa shape index (κ3) is 4.15. The van der Waals surface area contributed by atoms with Crippen molar-refractivity contribution >= 4 is 26.9 Å². The van der Waals surface area contributed by atoms with Gasteiger partial charge in [-0.3, -0.25) is 4.79 Å². The molecule has 0 unspecified atom stereocenters. The molecule has 1 atom stereocenters. The molecule has 0 N–H and O–H groups in total. The van der Waals surface area contributed by atoms with Crippen molar-refractivity contribution < 1.29 is 13.2 Å². The molecule has 1 amide bonds. The largest absolute Gasteiger partial charge is 0.335 e. The van der Waals surface area contributed by atoms with Crippen LogP contribution in [0.2, 0.25) is 0 Å². The second kappa shape index (κ2) is 7.58. The molecule has 2 aromatic heterocycles. The number of aromatic nitrogens is 3. The SMILES string of the molecule is CCN(C(=O)c1cc(C)nc2c1nc1n2CCCCC1)[C@H](C)CS(C)(=O)=O. The van der Waals surface area contributed by atoms with Crippen molar-refractivity contribution in [2.24, 2.45) is 0 Å². The molecule has 0 bridgehead atoms. The molecule has 0 fully saturated rings. The summed E-state index contributed by atoms with van der Waals surface area (Å²) < 4.78 is 25.5. The number of imidazole rings is 1. The Kier molecular flexibility index (Phi) is 5.55. The molecular weight excluding hydrogens is 364 g/mol. The van der Waals surface area contributed by atoms with Crippen molar-refractivity contribution in [2.75, 3.05) is 18.6 Å². The van der Waals surface area contributed by atoms with Crippen molar-refractivity contribution in [3.05, 3.63) is 23.1 Å². The van der Waals surface area contributed by atoms with Crippen LogP contribution in [0, 0.1) is 6.92 Å². The van der Waals surface area contributed by atoms with E-state index in [0.717, 1.165) is 43.0 Å².